The minimum atomic E-state index is -0.0927. The molecule has 1 aliphatic carbocycles. The lowest BCUT2D eigenvalue weighted by Gasteiger charge is -2.09. The summed E-state index contributed by atoms with van der Waals surface area (Å²) in [5.41, 5.74) is 2.66. The molecule has 3 aromatic heterocycles. The molecule has 0 aliphatic heterocycles. The number of carbonyl (C=O) groups is 1. The number of amides is 1. The average Bonchev–Trinajstić information content (AvgIpc) is 3.35. The van der Waals surface area contributed by atoms with Gasteiger partial charge in [0.2, 0.25) is 5.91 Å². The summed E-state index contributed by atoms with van der Waals surface area (Å²) in [6.07, 6.45) is 9.76. The van der Waals surface area contributed by atoms with E-state index in [4.69, 9.17) is 0 Å². The fourth-order valence-electron chi connectivity index (χ4n) is 3.59. The summed E-state index contributed by atoms with van der Waals surface area (Å²) in [6, 6.07) is 6.08. The number of thiophene rings is 1. The zero-order chi connectivity index (χ0) is 21.6. The maximum atomic E-state index is 12.5. The summed E-state index contributed by atoms with van der Waals surface area (Å²) in [7, 11) is 0. The maximum absolute atomic E-state index is 12.5. The number of aryl methyl sites for hydroxylation is 1. The van der Waals surface area contributed by atoms with Gasteiger partial charge < -0.3 is 5.32 Å². The van der Waals surface area contributed by atoms with E-state index in [9.17, 15) is 10.1 Å². The molecule has 4 rings (SSSR count). The minimum absolute atomic E-state index is 0.0927. The fourth-order valence-corrected chi connectivity index (χ4v) is 5.74. The van der Waals surface area contributed by atoms with Crippen LogP contribution in [-0.4, -0.2) is 31.4 Å². The van der Waals surface area contributed by atoms with E-state index < -0.39 is 0 Å². The number of thioether (sulfide) groups is 1. The average molecular weight is 451 g/mol. The molecule has 0 fully saturated rings. The quantitative estimate of drug-likeness (QED) is 0.402. The van der Waals surface area contributed by atoms with Crippen LogP contribution in [0.3, 0.4) is 0 Å². The molecule has 0 atom stereocenters. The summed E-state index contributed by atoms with van der Waals surface area (Å²) in [4.78, 5) is 17.9. The molecule has 1 N–H and O–H groups in total. The molecule has 0 bridgehead atoms. The van der Waals surface area contributed by atoms with Crippen molar-refractivity contribution in [3.63, 3.8) is 0 Å². The van der Waals surface area contributed by atoms with Crippen molar-refractivity contribution in [1.82, 2.24) is 19.7 Å². The van der Waals surface area contributed by atoms with Crippen LogP contribution in [0.5, 0.6) is 0 Å². The van der Waals surface area contributed by atoms with Gasteiger partial charge in [0.05, 0.1) is 5.56 Å². The molecule has 7 nitrogen and oxygen atoms in total. The Morgan fingerprint density at radius 3 is 3.03 bits per heavy atom. The normalized spacial score (nSPS) is 12.7. The van der Waals surface area contributed by atoms with E-state index in [1.165, 1.54) is 16.6 Å². The van der Waals surface area contributed by atoms with Crippen molar-refractivity contribution in [1.29, 1.82) is 5.26 Å². The van der Waals surface area contributed by atoms with E-state index in [1.807, 2.05) is 16.7 Å². The summed E-state index contributed by atoms with van der Waals surface area (Å²) in [5, 5.41) is 22.5. The number of nitrogens with one attached hydrogen (secondary N) is 1. The highest BCUT2D eigenvalue weighted by Gasteiger charge is 2.22. The highest BCUT2D eigenvalue weighted by Crippen LogP contribution is 2.37. The molecular formula is C22H22N6OS2. The first-order chi connectivity index (χ1) is 15.2. The smallest absolute Gasteiger partial charge is 0.225 e. The number of pyridine rings is 1. The molecule has 0 aromatic carbocycles. The molecule has 1 aliphatic rings. The van der Waals surface area contributed by atoms with E-state index in [-0.39, 0.29) is 5.91 Å². The summed E-state index contributed by atoms with van der Waals surface area (Å²) < 4.78 is 1.97. The summed E-state index contributed by atoms with van der Waals surface area (Å²) in [6.45, 7) is 4.39. The number of nitriles is 1. The maximum Gasteiger partial charge on any atom is 0.225 e. The van der Waals surface area contributed by atoms with E-state index in [0.717, 1.165) is 47.8 Å². The zero-order valence-electron chi connectivity index (χ0n) is 17.0. The Kier molecular flexibility index (Phi) is 6.79. The topological polar surface area (TPSA) is 96.5 Å². The first kappa shape index (κ1) is 21.3. The van der Waals surface area contributed by atoms with Crippen LogP contribution in [0, 0.1) is 11.3 Å². The number of hydrogen-bond donors (Lipinski definition) is 1. The number of fused-ring (bicyclic) bond motifs is 1. The van der Waals surface area contributed by atoms with Gasteiger partial charge in [-0.15, -0.1) is 28.1 Å². The van der Waals surface area contributed by atoms with E-state index >= 15 is 0 Å². The van der Waals surface area contributed by atoms with E-state index in [1.54, 1.807) is 29.8 Å². The van der Waals surface area contributed by atoms with Gasteiger partial charge in [-0.2, -0.15) is 5.26 Å². The third-order valence-electron chi connectivity index (χ3n) is 5.04. The number of hydrogen-bond acceptors (Lipinski definition) is 7. The van der Waals surface area contributed by atoms with Crippen LogP contribution in [-0.2, 0) is 24.2 Å². The minimum Gasteiger partial charge on any atom is -0.317 e. The van der Waals surface area contributed by atoms with Gasteiger partial charge in [-0.3, -0.25) is 14.3 Å². The highest BCUT2D eigenvalue weighted by molar-refractivity contribution is 7.99. The summed E-state index contributed by atoms with van der Waals surface area (Å²) >= 11 is 3.03. The third-order valence-corrected chi connectivity index (χ3v) is 7.22. The molecule has 0 saturated carbocycles. The van der Waals surface area contributed by atoms with E-state index in [2.05, 4.69) is 33.1 Å². The van der Waals surface area contributed by atoms with Crippen molar-refractivity contribution in [3.8, 4) is 17.5 Å². The Bertz CT molecular complexity index is 1130. The number of allylic oxidation sites excluding steroid dienone is 1. The number of carbonyl (C=O) groups excluding carboxylic acids is 1. The molecule has 3 aromatic rings. The first-order valence-corrected chi connectivity index (χ1v) is 11.9. The fraction of sp³-hybridized carbons (Fsp3) is 0.318. The predicted octanol–water partition coefficient (Wildman–Crippen LogP) is 4.46. The SMILES string of the molecule is C=CCn1c(SCCC(=O)Nc2sc3c(c2C#N)CCCC3)nnc1-c1cccnc1. The third kappa shape index (κ3) is 4.70. The van der Waals surface area contributed by atoms with Crippen LogP contribution in [0.15, 0.2) is 42.3 Å². The molecular weight excluding hydrogens is 428 g/mol. The lowest BCUT2D eigenvalue weighted by molar-refractivity contribution is -0.115. The van der Waals surface area contributed by atoms with Gasteiger partial charge in [0.1, 0.15) is 11.1 Å². The second-order valence-electron chi connectivity index (χ2n) is 7.12. The Balaban J connectivity index is 1.39. The molecule has 158 valence electrons. The van der Waals surface area contributed by atoms with Gasteiger partial charge in [0, 0.05) is 41.6 Å². The number of aromatic nitrogens is 4. The Labute approximate surface area is 189 Å². The molecule has 1 amide bonds. The number of rotatable bonds is 8. The number of anilines is 1. The van der Waals surface area contributed by atoms with Crippen LogP contribution in [0.1, 0.15) is 35.3 Å². The van der Waals surface area contributed by atoms with Crippen molar-refractivity contribution in [2.24, 2.45) is 0 Å². The molecule has 3 heterocycles. The van der Waals surface area contributed by atoms with Crippen molar-refractivity contribution >= 4 is 34.0 Å². The van der Waals surface area contributed by atoms with Crippen molar-refractivity contribution in [3.05, 3.63) is 53.2 Å². The van der Waals surface area contributed by atoms with Crippen LogP contribution in [0.25, 0.3) is 11.4 Å². The molecule has 0 unspecified atom stereocenters. The highest BCUT2D eigenvalue weighted by atomic mass is 32.2. The lowest BCUT2D eigenvalue weighted by Crippen LogP contribution is -2.12. The Hall–Kier alpha value is -2.96. The predicted molar refractivity (Wildman–Crippen MR) is 123 cm³/mol. The Morgan fingerprint density at radius 2 is 2.26 bits per heavy atom. The van der Waals surface area contributed by atoms with Crippen LogP contribution in [0.4, 0.5) is 5.00 Å². The molecule has 0 saturated heterocycles. The first-order valence-electron chi connectivity index (χ1n) is 10.1. The van der Waals surface area contributed by atoms with Gasteiger partial charge in [-0.05, 0) is 43.4 Å². The van der Waals surface area contributed by atoms with Gasteiger partial charge >= 0.3 is 0 Å². The molecule has 0 radical (unpaired) electrons. The van der Waals surface area contributed by atoms with Crippen LogP contribution < -0.4 is 5.32 Å². The summed E-state index contributed by atoms with van der Waals surface area (Å²) in [5.74, 6) is 1.19. The van der Waals surface area contributed by atoms with Crippen molar-refractivity contribution in [2.45, 2.75) is 43.8 Å². The largest absolute Gasteiger partial charge is 0.317 e. The second kappa shape index (κ2) is 9.90. The van der Waals surface area contributed by atoms with Gasteiger partial charge in [-0.25, -0.2) is 0 Å². The van der Waals surface area contributed by atoms with E-state index in [0.29, 0.717) is 29.3 Å². The monoisotopic (exact) mass is 450 g/mol. The van der Waals surface area contributed by atoms with Crippen LogP contribution >= 0.6 is 23.1 Å². The van der Waals surface area contributed by atoms with Crippen LogP contribution in [0.2, 0.25) is 0 Å². The molecule has 9 heteroatoms. The van der Waals surface area contributed by atoms with Crippen molar-refractivity contribution in [2.75, 3.05) is 11.1 Å². The molecule has 31 heavy (non-hydrogen) atoms. The second-order valence-corrected chi connectivity index (χ2v) is 9.29. The zero-order valence-corrected chi connectivity index (χ0v) is 18.6. The number of nitrogens with zero attached hydrogens (tertiary/aromatic N) is 5. The van der Waals surface area contributed by atoms with Gasteiger partial charge in [0.15, 0.2) is 11.0 Å². The van der Waals surface area contributed by atoms with Crippen molar-refractivity contribution < 1.29 is 4.79 Å². The van der Waals surface area contributed by atoms with Gasteiger partial charge in [-0.1, -0.05) is 17.8 Å². The van der Waals surface area contributed by atoms with Gasteiger partial charge in [0.25, 0.3) is 0 Å². The molecule has 0 spiro atoms. The Morgan fingerprint density at radius 1 is 1.39 bits per heavy atom. The standard InChI is InChI=1S/C22H22N6OS2/c1-2-11-28-20(15-6-5-10-24-14-15)26-27-22(28)30-12-9-19(29)25-21-17(13-23)16-7-3-4-8-18(16)31-21/h2,5-6,10,14H,1,3-4,7-9,11-12H2,(H,25,29). The lowest BCUT2D eigenvalue weighted by atomic mass is 9.96.